The molecule has 3 aromatic rings. The third kappa shape index (κ3) is 3.54. The van der Waals surface area contributed by atoms with Crippen molar-refractivity contribution in [1.82, 2.24) is 19.5 Å². The monoisotopic (exact) mass is 367 g/mol. The smallest absolute Gasteiger partial charge is 0.159 e. The Kier molecular flexibility index (Phi) is 5.46. The summed E-state index contributed by atoms with van der Waals surface area (Å²) in [6.45, 7) is 8.55. The number of nitrogens with one attached hydrogen (secondary N) is 1. The zero-order chi connectivity index (χ0) is 19.7. The van der Waals surface area contributed by atoms with E-state index in [9.17, 15) is 5.11 Å². The molecule has 0 saturated carbocycles. The van der Waals surface area contributed by atoms with Crippen molar-refractivity contribution in [3.63, 3.8) is 0 Å². The maximum absolute atomic E-state index is 9.29. The number of anilines is 1. The van der Waals surface area contributed by atoms with Gasteiger partial charge in [0.1, 0.15) is 11.3 Å². The fourth-order valence-electron chi connectivity index (χ4n) is 3.42. The first kappa shape index (κ1) is 19.3. The fraction of sp³-hybridized carbons (Fsp3) is 0.476. The lowest BCUT2D eigenvalue weighted by Gasteiger charge is -2.14. The lowest BCUT2D eigenvalue weighted by molar-refractivity contribution is 0.279. The maximum Gasteiger partial charge on any atom is 0.159 e. The third-order valence-corrected chi connectivity index (χ3v) is 5.09. The minimum absolute atomic E-state index is 0.168. The molecular weight excluding hydrogens is 338 g/mol. The SMILES string of the molecule is CNc1nc(C(C)C)ccc1-c1nc2c(nc1C)c([C@@H](C)CCO)cn2C. The second-order valence-corrected chi connectivity index (χ2v) is 7.48. The van der Waals surface area contributed by atoms with Gasteiger partial charge in [-0.1, -0.05) is 20.8 Å². The number of aryl methyl sites for hydroxylation is 2. The zero-order valence-corrected chi connectivity index (χ0v) is 17.0. The van der Waals surface area contributed by atoms with Gasteiger partial charge in [0, 0.05) is 43.7 Å². The first-order valence-electron chi connectivity index (χ1n) is 9.50. The van der Waals surface area contributed by atoms with E-state index in [0.717, 1.165) is 45.2 Å². The number of pyridine rings is 1. The second kappa shape index (κ2) is 7.64. The van der Waals surface area contributed by atoms with Crippen LogP contribution in [0.15, 0.2) is 18.3 Å². The average molecular weight is 367 g/mol. The number of hydrogen-bond acceptors (Lipinski definition) is 5. The van der Waals surface area contributed by atoms with E-state index in [0.29, 0.717) is 12.3 Å². The molecule has 0 aliphatic carbocycles. The number of nitrogens with zero attached hydrogens (tertiary/aromatic N) is 4. The second-order valence-electron chi connectivity index (χ2n) is 7.48. The van der Waals surface area contributed by atoms with Crippen LogP contribution in [0, 0.1) is 6.92 Å². The molecular formula is C21H29N5O. The van der Waals surface area contributed by atoms with E-state index in [-0.39, 0.29) is 12.5 Å². The maximum atomic E-state index is 9.29. The van der Waals surface area contributed by atoms with Crippen molar-refractivity contribution >= 4 is 17.0 Å². The molecule has 1 atom stereocenters. The van der Waals surface area contributed by atoms with Gasteiger partial charge in [-0.3, -0.25) is 0 Å². The molecule has 0 aromatic carbocycles. The first-order valence-corrected chi connectivity index (χ1v) is 9.50. The van der Waals surface area contributed by atoms with Crippen molar-refractivity contribution in [3.05, 3.63) is 35.3 Å². The number of fused-ring (bicyclic) bond motifs is 1. The molecule has 144 valence electrons. The summed E-state index contributed by atoms with van der Waals surface area (Å²) < 4.78 is 2.02. The van der Waals surface area contributed by atoms with Gasteiger partial charge in [0.2, 0.25) is 0 Å². The summed E-state index contributed by atoms with van der Waals surface area (Å²) in [4.78, 5) is 14.6. The fourth-order valence-corrected chi connectivity index (χ4v) is 3.42. The van der Waals surface area contributed by atoms with Gasteiger partial charge in [0.15, 0.2) is 5.65 Å². The van der Waals surface area contributed by atoms with E-state index in [1.165, 1.54) is 0 Å². The van der Waals surface area contributed by atoms with Gasteiger partial charge in [-0.25, -0.2) is 15.0 Å². The molecule has 6 heteroatoms. The molecule has 0 aliphatic rings. The molecule has 27 heavy (non-hydrogen) atoms. The normalized spacial score (nSPS) is 12.7. The van der Waals surface area contributed by atoms with Crippen LogP contribution in [0.25, 0.3) is 22.4 Å². The Morgan fingerprint density at radius 2 is 1.89 bits per heavy atom. The Morgan fingerprint density at radius 1 is 1.15 bits per heavy atom. The van der Waals surface area contributed by atoms with Gasteiger partial charge in [0.05, 0.1) is 11.4 Å². The number of aliphatic hydroxyl groups is 1. The van der Waals surface area contributed by atoms with Crippen LogP contribution in [-0.2, 0) is 7.05 Å². The molecule has 0 amide bonds. The molecule has 0 spiro atoms. The Balaban J connectivity index is 2.17. The summed E-state index contributed by atoms with van der Waals surface area (Å²) in [5.74, 6) is 1.42. The van der Waals surface area contributed by atoms with E-state index in [1.807, 2.05) is 25.6 Å². The highest BCUT2D eigenvalue weighted by Gasteiger charge is 2.19. The Morgan fingerprint density at radius 3 is 2.52 bits per heavy atom. The average Bonchev–Trinajstić information content (AvgIpc) is 2.96. The topological polar surface area (TPSA) is 75.9 Å². The number of rotatable bonds is 6. The third-order valence-electron chi connectivity index (χ3n) is 5.09. The Hall–Kier alpha value is -2.47. The molecule has 3 aromatic heterocycles. The van der Waals surface area contributed by atoms with Crippen LogP contribution in [0.3, 0.4) is 0 Å². The van der Waals surface area contributed by atoms with Gasteiger partial charge in [-0.15, -0.1) is 0 Å². The van der Waals surface area contributed by atoms with Crippen molar-refractivity contribution in [2.24, 2.45) is 7.05 Å². The van der Waals surface area contributed by atoms with Crippen molar-refractivity contribution in [2.75, 3.05) is 19.0 Å². The summed E-state index contributed by atoms with van der Waals surface area (Å²) in [5, 5.41) is 12.5. The molecule has 0 aliphatic heterocycles. The van der Waals surface area contributed by atoms with Crippen LogP contribution in [0.5, 0.6) is 0 Å². The zero-order valence-electron chi connectivity index (χ0n) is 17.0. The summed E-state index contributed by atoms with van der Waals surface area (Å²) in [5.41, 5.74) is 6.63. The number of aromatic nitrogens is 4. The van der Waals surface area contributed by atoms with Crippen molar-refractivity contribution in [3.8, 4) is 11.3 Å². The molecule has 3 rings (SSSR count). The molecule has 6 nitrogen and oxygen atoms in total. The van der Waals surface area contributed by atoms with Crippen LogP contribution in [0.2, 0.25) is 0 Å². The highest BCUT2D eigenvalue weighted by atomic mass is 16.3. The van der Waals surface area contributed by atoms with Gasteiger partial charge in [0.25, 0.3) is 0 Å². The molecule has 0 fully saturated rings. The molecule has 2 N–H and O–H groups in total. The number of aliphatic hydroxyl groups excluding tert-OH is 1. The summed E-state index contributed by atoms with van der Waals surface area (Å²) in [7, 11) is 3.87. The lowest BCUT2D eigenvalue weighted by atomic mass is 10.00. The predicted octanol–water partition coefficient (Wildman–Crippen LogP) is 3.99. The van der Waals surface area contributed by atoms with Crippen LogP contribution in [-0.4, -0.2) is 38.3 Å². The molecule has 0 radical (unpaired) electrons. The van der Waals surface area contributed by atoms with Crippen LogP contribution >= 0.6 is 0 Å². The van der Waals surface area contributed by atoms with E-state index >= 15 is 0 Å². The van der Waals surface area contributed by atoms with Crippen LogP contribution in [0.1, 0.15) is 56.0 Å². The summed E-state index contributed by atoms with van der Waals surface area (Å²) in [6, 6.07) is 4.14. The van der Waals surface area contributed by atoms with Gasteiger partial charge in [-0.2, -0.15) is 0 Å². The Bertz CT molecular complexity index is 961. The Labute approximate surface area is 160 Å². The largest absolute Gasteiger partial charge is 0.396 e. The molecule has 0 saturated heterocycles. The minimum atomic E-state index is 0.168. The number of hydrogen-bond donors (Lipinski definition) is 2. The van der Waals surface area contributed by atoms with Crippen molar-refractivity contribution < 1.29 is 5.11 Å². The van der Waals surface area contributed by atoms with Gasteiger partial charge in [-0.05, 0) is 37.3 Å². The predicted molar refractivity (Wildman–Crippen MR) is 110 cm³/mol. The van der Waals surface area contributed by atoms with Gasteiger partial charge >= 0.3 is 0 Å². The highest BCUT2D eigenvalue weighted by Crippen LogP contribution is 2.33. The molecule has 0 bridgehead atoms. The van der Waals surface area contributed by atoms with E-state index in [4.69, 9.17) is 15.0 Å². The van der Waals surface area contributed by atoms with Crippen molar-refractivity contribution in [2.45, 2.75) is 46.0 Å². The van der Waals surface area contributed by atoms with E-state index in [1.54, 1.807) is 0 Å². The van der Waals surface area contributed by atoms with E-state index < -0.39 is 0 Å². The quantitative estimate of drug-likeness (QED) is 0.689. The minimum Gasteiger partial charge on any atom is -0.396 e. The van der Waals surface area contributed by atoms with Crippen LogP contribution in [0.4, 0.5) is 5.82 Å². The summed E-state index contributed by atoms with van der Waals surface area (Å²) in [6.07, 6.45) is 2.79. The summed E-state index contributed by atoms with van der Waals surface area (Å²) >= 11 is 0. The van der Waals surface area contributed by atoms with Crippen LogP contribution < -0.4 is 5.32 Å². The lowest BCUT2D eigenvalue weighted by Crippen LogP contribution is -2.04. The van der Waals surface area contributed by atoms with Crippen molar-refractivity contribution in [1.29, 1.82) is 0 Å². The van der Waals surface area contributed by atoms with E-state index in [2.05, 4.69) is 44.4 Å². The highest BCUT2D eigenvalue weighted by molar-refractivity contribution is 5.82. The molecule has 3 heterocycles. The van der Waals surface area contributed by atoms with Gasteiger partial charge < -0.3 is 15.0 Å². The molecule has 0 unspecified atom stereocenters. The standard InChI is InChI=1S/C21H29N5O/c1-12(2)17-8-7-15(20(22-5)24-17)18-14(4)23-19-16(13(3)9-10-27)11-26(6)21(19)25-18/h7-8,11-13,27H,9-10H2,1-6H3,(H,22,24)/t13-/m0/s1. The first-order chi connectivity index (χ1) is 12.9.